The van der Waals surface area contributed by atoms with E-state index in [1.807, 2.05) is 35.2 Å². The van der Waals surface area contributed by atoms with Crippen LogP contribution in [0.3, 0.4) is 0 Å². The smallest absolute Gasteiger partial charge is 0.254 e. The summed E-state index contributed by atoms with van der Waals surface area (Å²) in [5.74, 6) is 0.520. The van der Waals surface area contributed by atoms with Crippen LogP contribution >= 0.6 is 0 Å². The zero-order chi connectivity index (χ0) is 17.1. The summed E-state index contributed by atoms with van der Waals surface area (Å²) < 4.78 is 0. The topological polar surface area (TPSA) is 46.3 Å². The number of carbonyl (C=O) groups is 1. The summed E-state index contributed by atoms with van der Waals surface area (Å²) in [6, 6.07) is 16.3. The number of nitrogens with two attached hydrogens (primary N) is 1. The average molecular weight is 322 g/mol. The van der Waals surface area contributed by atoms with Crippen molar-refractivity contribution >= 4 is 5.91 Å². The molecule has 1 amide bonds. The number of nitrogens with zero attached hydrogens (tertiary/aromatic N) is 1. The first-order chi connectivity index (χ1) is 11.6. The zero-order valence-electron chi connectivity index (χ0n) is 14.5. The van der Waals surface area contributed by atoms with E-state index in [-0.39, 0.29) is 11.9 Å². The predicted octanol–water partition coefficient (Wildman–Crippen LogP) is 3.86. The van der Waals surface area contributed by atoms with Crippen LogP contribution in [0.4, 0.5) is 0 Å². The third-order valence-electron chi connectivity index (χ3n) is 4.92. The fourth-order valence-corrected chi connectivity index (χ4v) is 3.64. The Kier molecular flexibility index (Phi) is 5.00. The van der Waals surface area contributed by atoms with Gasteiger partial charge in [0.1, 0.15) is 0 Å². The summed E-state index contributed by atoms with van der Waals surface area (Å²) in [5, 5.41) is 0. The Morgan fingerprint density at radius 2 is 1.96 bits per heavy atom. The van der Waals surface area contributed by atoms with Gasteiger partial charge in [-0.05, 0) is 36.5 Å². The molecule has 3 nitrogen and oxygen atoms in total. The normalized spacial score (nSPS) is 20.4. The van der Waals surface area contributed by atoms with Crippen molar-refractivity contribution < 1.29 is 4.79 Å². The van der Waals surface area contributed by atoms with Crippen molar-refractivity contribution in [2.45, 2.75) is 32.7 Å². The molecule has 2 atom stereocenters. The quantitative estimate of drug-likeness (QED) is 0.929. The van der Waals surface area contributed by atoms with Crippen LogP contribution in [0.15, 0.2) is 48.5 Å². The van der Waals surface area contributed by atoms with Crippen LogP contribution in [-0.4, -0.2) is 29.9 Å². The van der Waals surface area contributed by atoms with Gasteiger partial charge >= 0.3 is 0 Å². The highest BCUT2D eigenvalue weighted by Gasteiger charge is 2.33. The van der Waals surface area contributed by atoms with Gasteiger partial charge in [0.25, 0.3) is 5.91 Å². The average Bonchev–Trinajstić information content (AvgIpc) is 2.95. The lowest BCUT2D eigenvalue weighted by Crippen LogP contribution is -2.32. The van der Waals surface area contributed by atoms with E-state index in [1.165, 1.54) is 5.56 Å². The summed E-state index contributed by atoms with van der Waals surface area (Å²) >= 11 is 0. The first kappa shape index (κ1) is 16.7. The van der Waals surface area contributed by atoms with Crippen molar-refractivity contribution in [2.24, 2.45) is 11.7 Å². The lowest BCUT2D eigenvalue weighted by atomic mass is 9.97. The molecule has 2 N–H and O–H groups in total. The number of carbonyl (C=O) groups excluding carboxylic acids is 1. The SMILES string of the molecule is CCCC1CN(C(=O)c2ccccc2-c2cccc(C)c2)CC1N. The van der Waals surface area contributed by atoms with E-state index in [1.54, 1.807) is 0 Å². The molecule has 2 aromatic rings. The Bertz CT molecular complexity index is 725. The Hall–Kier alpha value is -2.13. The maximum absolute atomic E-state index is 13.1. The molecular weight excluding hydrogens is 296 g/mol. The molecule has 2 aromatic carbocycles. The minimum atomic E-state index is 0.0973. The summed E-state index contributed by atoms with van der Waals surface area (Å²) in [7, 11) is 0. The van der Waals surface area contributed by atoms with Gasteiger partial charge in [-0.2, -0.15) is 0 Å². The number of likely N-dealkylation sites (tertiary alicyclic amines) is 1. The fourth-order valence-electron chi connectivity index (χ4n) is 3.64. The van der Waals surface area contributed by atoms with E-state index in [2.05, 4.69) is 32.0 Å². The third kappa shape index (κ3) is 3.36. The molecule has 1 fully saturated rings. The van der Waals surface area contributed by atoms with Crippen molar-refractivity contribution in [3.63, 3.8) is 0 Å². The maximum atomic E-state index is 13.1. The molecule has 1 heterocycles. The van der Waals surface area contributed by atoms with Crippen LogP contribution in [0.5, 0.6) is 0 Å². The molecule has 2 unspecified atom stereocenters. The van der Waals surface area contributed by atoms with Crippen molar-refractivity contribution in [1.29, 1.82) is 0 Å². The van der Waals surface area contributed by atoms with Gasteiger partial charge in [-0.15, -0.1) is 0 Å². The lowest BCUT2D eigenvalue weighted by molar-refractivity contribution is 0.0786. The molecule has 1 saturated heterocycles. The minimum absolute atomic E-state index is 0.0973. The van der Waals surface area contributed by atoms with Gasteiger partial charge in [0.05, 0.1) is 0 Å². The molecule has 0 aliphatic carbocycles. The summed E-state index contributed by atoms with van der Waals surface area (Å²) in [6.07, 6.45) is 2.20. The van der Waals surface area contributed by atoms with E-state index >= 15 is 0 Å². The van der Waals surface area contributed by atoms with E-state index < -0.39 is 0 Å². The molecule has 1 aliphatic heterocycles. The molecule has 0 saturated carbocycles. The number of aryl methyl sites for hydroxylation is 1. The van der Waals surface area contributed by atoms with Crippen LogP contribution in [0.1, 0.15) is 35.7 Å². The van der Waals surface area contributed by atoms with E-state index in [0.29, 0.717) is 12.5 Å². The van der Waals surface area contributed by atoms with Crippen LogP contribution < -0.4 is 5.73 Å². The highest BCUT2D eigenvalue weighted by molar-refractivity contribution is 6.01. The van der Waals surface area contributed by atoms with Crippen LogP contribution in [0, 0.1) is 12.8 Å². The largest absolute Gasteiger partial charge is 0.337 e. The summed E-state index contributed by atoms with van der Waals surface area (Å²) in [5.41, 5.74) is 10.3. The van der Waals surface area contributed by atoms with E-state index in [4.69, 9.17) is 5.73 Å². The highest BCUT2D eigenvalue weighted by Crippen LogP contribution is 2.28. The summed E-state index contributed by atoms with van der Waals surface area (Å²) in [6.45, 7) is 5.68. The number of hydrogen-bond acceptors (Lipinski definition) is 2. The highest BCUT2D eigenvalue weighted by atomic mass is 16.2. The molecule has 0 radical (unpaired) electrons. The van der Waals surface area contributed by atoms with Gasteiger partial charge in [-0.3, -0.25) is 4.79 Å². The second-order valence-corrected chi connectivity index (χ2v) is 6.84. The second kappa shape index (κ2) is 7.18. The predicted molar refractivity (Wildman–Crippen MR) is 98.9 cm³/mol. The van der Waals surface area contributed by atoms with Gasteiger partial charge in [-0.25, -0.2) is 0 Å². The fraction of sp³-hybridized carbons (Fsp3) is 0.381. The number of hydrogen-bond donors (Lipinski definition) is 1. The molecule has 0 aromatic heterocycles. The van der Waals surface area contributed by atoms with Gasteiger partial charge in [0.2, 0.25) is 0 Å². The van der Waals surface area contributed by atoms with Crippen LogP contribution in [0.2, 0.25) is 0 Å². The molecule has 3 heteroatoms. The molecule has 126 valence electrons. The summed E-state index contributed by atoms with van der Waals surface area (Å²) in [4.78, 5) is 15.0. The van der Waals surface area contributed by atoms with Crippen LogP contribution in [-0.2, 0) is 0 Å². The van der Waals surface area contributed by atoms with Gasteiger partial charge in [-0.1, -0.05) is 61.4 Å². The number of benzene rings is 2. The third-order valence-corrected chi connectivity index (χ3v) is 4.92. The number of rotatable bonds is 4. The van der Waals surface area contributed by atoms with E-state index in [9.17, 15) is 4.79 Å². The lowest BCUT2D eigenvalue weighted by Gasteiger charge is -2.18. The minimum Gasteiger partial charge on any atom is -0.337 e. The molecule has 24 heavy (non-hydrogen) atoms. The zero-order valence-corrected chi connectivity index (χ0v) is 14.5. The monoisotopic (exact) mass is 322 g/mol. The Labute approximate surface area is 144 Å². The van der Waals surface area contributed by atoms with E-state index in [0.717, 1.165) is 36.1 Å². The van der Waals surface area contributed by atoms with Gasteiger partial charge in [0.15, 0.2) is 0 Å². The Morgan fingerprint density at radius 1 is 1.17 bits per heavy atom. The van der Waals surface area contributed by atoms with Crippen molar-refractivity contribution in [3.8, 4) is 11.1 Å². The van der Waals surface area contributed by atoms with Crippen molar-refractivity contribution in [3.05, 3.63) is 59.7 Å². The number of amides is 1. The first-order valence-electron chi connectivity index (χ1n) is 8.81. The Balaban J connectivity index is 1.89. The van der Waals surface area contributed by atoms with Crippen LogP contribution in [0.25, 0.3) is 11.1 Å². The first-order valence-corrected chi connectivity index (χ1v) is 8.81. The standard InChI is InChI=1S/C21H26N2O/c1-3-7-17-13-23(14-20(17)22)21(24)19-11-5-4-10-18(19)16-9-6-8-15(2)12-16/h4-6,8-12,17,20H,3,7,13-14,22H2,1-2H3. The molecule has 3 rings (SSSR count). The molecular formula is C21H26N2O. The van der Waals surface area contributed by atoms with Crippen molar-refractivity contribution in [2.75, 3.05) is 13.1 Å². The molecule has 0 spiro atoms. The Morgan fingerprint density at radius 3 is 2.71 bits per heavy atom. The second-order valence-electron chi connectivity index (χ2n) is 6.84. The molecule has 0 bridgehead atoms. The maximum Gasteiger partial charge on any atom is 0.254 e. The van der Waals surface area contributed by atoms with Gasteiger partial charge < -0.3 is 10.6 Å². The molecule has 1 aliphatic rings. The van der Waals surface area contributed by atoms with Gasteiger partial charge in [0, 0.05) is 24.7 Å². The van der Waals surface area contributed by atoms with Crippen molar-refractivity contribution in [1.82, 2.24) is 4.90 Å².